The predicted molar refractivity (Wildman–Crippen MR) is 92.6 cm³/mol. The van der Waals surface area contributed by atoms with Gasteiger partial charge < -0.3 is 20.8 Å². The number of nitrogen functional groups attached to an aromatic ring is 1. The lowest BCUT2D eigenvalue weighted by Gasteiger charge is -2.07. The minimum Gasteiger partial charge on any atom is -0.459 e. The second-order valence-corrected chi connectivity index (χ2v) is 5.59. The Morgan fingerprint density at radius 3 is 2.58 bits per heavy atom. The SMILES string of the molecule is Cc1ccoc1C(=O)NCCCNC(=O)CCc1ccccc1N. The number of hydrogen-bond donors (Lipinski definition) is 3. The average Bonchev–Trinajstić information content (AvgIpc) is 3.00. The number of hydrogen-bond acceptors (Lipinski definition) is 4. The van der Waals surface area contributed by atoms with Crippen molar-refractivity contribution in [2.75, 3.05) is 18.8 Å². The lowest BCUT2D eigenvalue weighted by molar-refractivity contribution is -0.121. The highest BCUT2D eigenvalue weighted by molar-refractivity contribution is 5.92. The van der Waals surface area contributed by atoms with Gasteiger partial charge >= 0.3 is 0 Å². The van der Waals surface area contributed by atoms with Crippen molar-refractivity contribution in [2.45, 2.75) is 26.2 Å². The summed E-state index contributed by atoms with van der Waals surface area (Å²) in [5.41, 5.74) is 8.34. The summed E-state index contributed by atoms with van der Waals surface area (Å²) in [7, 11) is 0. The molecule has 0 aliphatic heterocycles. The van der Waals surface area contributed by atoms with Crippen LogP contribution in [0.2, 0.25) is 0 Å². The molecular formula is C18H23N3O3. The van der Waals surface area contributed by atoms with E-state index >= 15 is 0 Å². The zero-order valence-electron chi connectivity index (χ0n) is 13.8. The fourth-order valence-electron chi connectivity index (χ4n) is 2.30. The number of benzene rings is 1. The molecule has 24 heavy (non-hydrogen) atoms. The van der Waals surface area contributed by atoms with Crippen LogP contribution in [0.3, 0.4) is 0 Å². The molecule has 6 nitrogen and oxygen atoms in total. The van der Waals surface area contributed by atoms with Crippen molar-refractivity contribution in [3.05, 3.63) is 53.5 Å². The number of rotatable bonds is 8. The second-order valence-electron chi connectivity index (χ2n) is 5.59. The van der Waals surface area contributed by atoms with Gasteiger partial charge in [0.15, 0.2) is 5.76 Å². The number of furan rings is 1. The number of nitrogens with two attached hydrogens (primary N) is 1. The molecule has 0 aliphatic carbocycles. The Kier molecular flexibility index (Phi) is 6.42. The maximum absolute atomic E-state index is 11.8. The fraction of sp³-hybridized carbons (Fsp3) is 0.333. The zero-order valence-corrected chi connectivity index (χ0v) is 13.8. The molecular weight excluding hydrogens is 306 g/mol. The van der Waals surface area contributed by atoms with Gasteiger partial charge in [-0.3, -0.25) is 9.59 Å². The Labute approximate surface area is 141 Å². The maximum atomic E-state index is 11.8. The van der Waals surface area contributed by atoms with E-state index in [9.17, 15) is 9.59 Å². The van der Waals surface area contributed by atoms with Crippen LogP contribution in [0.4, 0.5) is 5.69 Å². The summed E-state index contributed by atoms with van der Waals surface area (Å²) >= 11 is 0. The average molecular weight is 329 g/mol. The van der Waals surface area contributed by atoms with Gasteiger partial charge in [0.05, 0.1) is 6.26 Å². The lowest BCUT2D eigenvalue weighted by Crippen LogP contribution is -2.30. The smallest absolute Gasteiger partial charge is 0.287 e. The molecule has 2 amide bonds. The van der Waals surface area contributed by atoms with E-state index in [0.717, 1.165) is 11.1 Å². The third kappa shape index (κ3) is 5.15. The van der Waals surface area contributed by atoms with Crippen LogP contribution in [0.5, 0.6) is 0 Å². The van der Waals surface area contributed by atoms with E-state index in [-0.39, 0.29) is 11.8 Å². The van der Waals surface area contributed by atoms with Crippen LogP contribution in [-0.4, -0.2) is 24.9 Å². The maximum Gasteiger partial charge on any atom is 0.287 e. The molecule has 0 spiro atoms. The monoisotopic (exact) mass is 329 g/mol. The standard InChI is InChI=1S/C18H23N3O3/c1-13-9-12-24-17(13)18(23)21-11-4-10-20-16(22)8-7-14-5-2-3-6-15(14)19/h2-3,5-6,9,12H,4,7-8,10-11,19H2,1H3,(H,20,22)(H,21,23). The van der Waals surface area contributed by atoms with E-state index in [4.69, 9.17) is 10.2 Å². The topological polar surface area (TPSA) is 97.4 Å². The molecule has 0 aliphatic rings. The van der Waals surface area contributed by atoms with Crippen LogP contribution in [0.25, 0.3) is 0 Å². The van der Waals surface area contributed by atoms with Crippen LogP contribution in [0.15, 0.2) is 41.0 Å². The van der Waals surface area contributed by atoms with Crippen LogP contribution < -0.4 is 16.4 Å². The molecule has 4 N–H and O–H groups in total. The number of amides is 2. The van der Waals surface area contributed by atoms with Crippen molar-refractivity contribution in [1.82, 2.24) is 10.6 Å². The highest BCUT2D eigenvalue weighted by Gasteiger charge is 2.11. The van der Waals surface area contributed by atoms with Crippen molar-refractivity contribution in [3.8, 4) is 0 Å². The van der Waals surface area contributed by atoms with E-state index in [1.165, 1.54) is 6.26 Å². The van der Waals surface area contributed by atoms with Crippen molar-refractivity contribution in [2.24, 2.45) is 0 Å². The quantitative estimate of drug-likeness (QED) is 0.510. The number of para-hydroxylation sites is 1. The molecule has 128 valence electrons. The Morgan fingerprint density at radius 1 is 1.12 bits per heavy atom. The van der Waals surface area contributed by atoms with Gasteiger partial charge in [-0.2, -0.15) is 0 Å². The second kappa shape index (κ2) is 8.76. The summed E-state index contributed by atoms with van der Waals surface area (Å²) in [6.07, 6.45) is 3.16. The Hall–Kier alpha value is -2.76. The van der Waals surface area contributed by atoms with E-state index < -0.39 is 0 Å². The third-order valence-electron chi connectivity index (χ3n) is 3.71. The molecule has 2 rings (SSSR count). The summed E-state index contributed by atoms with van der Waals surface area (Å²) in [4.78, 5) is 23.6. The van der Waals surface area contributed by atoms with Crippen molar-refractivity contribution in [1.29, 1.82) is 0 Å². The molecule has 0 saturated carbocycles. The Morgan fingerprint density at radius 2 is 1.88 bits per heavy atom. The number of anilines is 1. The van der Waals surface area contributed by atoms with Crippen LogP contribution in [0, 0.1) is 6.92 Å². The highest BCUT2D eigenvalue weighted by Crippen LogP contribution is 2.12. The first kappa shape index (κ1) is 17.6. The normalized spacial score (nSPS) is 10.4. The summed E-state index contributed by atoms with van der Waals surface area (Å²) in [6, 6.07) is 9.28. The molecule has 0 atom stereocenters. The molecule has 0 radical (unpaired) electrons. The summed E-state index contributed by atoms with van der Waals surface area (Å²) in [5.74, 6) is 0.0781. The largest absolute Gasteiger partial charge is 0.459 e. The zero-order chi connectivity index (χ0) is 17.4. The van der Waals surface area contributed by atoms with Gasteiger partial charge in [0.2, 0.25) is 5.91 Å². The molecule has 0 fully saturated rings. The Bertz CT molecular complexity index is 694. The molecule has 1 aromatic carbocycles. The van der Waals surface area contributed by atoms with E-state index in [1.807, 2.05) is 31.2 Å². The van der Waals surface area contributed by atoms with Crippen molar-refractivity contribution in [3.63, 3.8) is 0 Å². The summed E-state index contributed by atoms with van der Waals surface area (Å²) < 4.78 is 5.11. The predicted octanol–water partition coefficient (Wildman–Crippen LogP) is 2.04. The van der Waals surface area contributed by atoms with Crippen LogP contribution in [0.1, 0.15) is 34.5 Å². The van der Waals surface area contributed by atoms with Gasteiger partial charge in [-0.15, -0.1) is 0 Å². The molecule has 0 bridgehead atoms. The molecule has 6 heteroatoms. The first-order chi connectivity index (χ1) is 11.6. The number of nitrogens with one attached hydrogen (secondary N) is 2. The summed E-state index contributed by atoms with van der Waals surface area (Å²) in [6.45, 7) is 2.81. The van der Waals surface area contributed by atoms with Gasteiger partial charge in [0.25, 0.3) is 5.91 Å². The highest BCUT2D eigenvalue weighted by atomic mass is 16.3. The first-order valence-electron chi connectivity index (χ1n) is 8.00. The minimum absolute atomic E-state index is 0.0218. The minimum atomic E-state index is -0.233. The van der Waals surface area contributed by atoms with Crippen LogP contribution >= 0.6 is 0 Å². The Balaban J connectivity index is 1.59. The van der Waals surface area contributed by atoms with Gasteiger partial charge in [-0.25, -0.2) is 0 Å². The lowest BCUT2D eigenvalue weighted by atomic mass is 10.1. The number of aryl methyl sites for hydroxylation is 2. The fourth-order valence-corrected chi connectivity index (χ4v) is 2.30. The molecule has 2 aromatic rings. The number of carbonyl (C=O) groups is 2. The summed E-state index contributed by atoms with van der Waals surface area (Å²) in [5, 5.41) is 5.60. The van der Waals surface area contributed by atoms with Crippen LogP contribution in [-0.2, 0) is 11.2 Å². The first-order valence-corrected chi connectivity index (χ1v) is 8.00. The van der Waals surface area contributed by atoms with E-state index in [2.05, 4.69) is 10.6 Å². The van der Waals surface area contributed by atoms with E-state index in [0.29, 0.717) is 43.8 Å². The van der Waals surface area contributed by atoms with Crippen molar-refractivity contribution >= 4 is 17.5 Å². The van der Waals surface area contributed by atoms with E-state index in [1.54, 1.807) is 6.07 Å². The number of carbonyl (C=O) groups excluding carboxylic acids is 2. The van der Waals surface area contributed by atoms with Gasteiger partial charge in [-0.05, 0) is 37.5 Å². The van der Waals surface area contributed by atoms with Gasteiger partial charge in [-0.1, -0.05) is 18.2 Å². The third-order valence-corrected chi connectivity index (χ3v) is 3.71. The van der Waals surface area contributed by atoms with Crippen molar-refractivity contribution < 1.29 is 14.0 Å². The molecule has 0 unspecified atom stereocenters. The molecule has 1 heterocycles. The molecule has 1 aromatic heterocycles. The molecule has 0 saturated heterocycles. The van der Waals surface area contributed by atoms with Gasteiger partial charge in [0, 0.05) is 30.8 Å². The van der Waals surface area contributed by atoms with Gasteiger partial charge in [0.1, 0.15) is 0 Å².